The minimum absolute atomic E-state index is 0.104. The number of carbonyl (C=O) groups is 2. The number of aliphatic carboxylic acids is 1. The van der Waals surface area contributed by atoms with E-state index >= 15 is 0 Å². The summed E-state index contributed by atoms with van der Waals surface area (Å²) in [6, 6.07) is 0.119. The molecular formula is C14H21N3O4. The van der Waals surface area contributed by atoms with Crippen LogP contribution in [0.5, 0.6) is 0 Å². The normalized spacial score (nSPS) is 14.1. The Bertz CT molecular complexity index is 496. The first-order valence-corrected chi connectivity index (χ1v) is 7.43. The molecule has 1 N–H and O–H groups in total. The van der Waals surface area contributed by atoms with Gasteiger partial charge in [0.1, 0.15) is 6.54 Å². The fourth-order valence-corrected chi connectivity index (χ4v) is 2.20. The maximum Gasteiger partial charge on any atom is 0.323 e. The second-order valence-corrected chi connectivity index (χ2v) is 5.35. The van der Waals surface area contributed by atoms with E-state index in [2.05, 4.69) is 10.1 Å². The molecular weight excluding hydrogens is 274 g/mol. The molecule has 1 aromatic heterocycles. The summed E-state index contributed by atoms with van der Waals surface area (Å²) in [5.41, 5.74) is 0. The van der Waals surface area contributed by atoms with Crippen molar-refractivity contribution in [1.82, 2.24) is 15.0 Å². The summed E-state index contributed by atoms with van der Waals surface area (Å²) in [6.45, 7) is 1.84. The van der Waals surface area contributed by atoms with Crippen molar-refractivity contribution in [1.29, 1.82) is 0 Å². The zero-order valence-corrected chi connectivity index (χ0v) is 12.2. The lowest BCUT2D eigenvalue weighted by molar-refractivity contribution is -0.145. The van der Waals surface area contributed by atoms with Gasteiger partial charge in [0.15, 0.2) is 5.82 Å². The summed E-state index contributed by atoms with van der Waals surface area (Å²) in [4.78, 5) is 28.5. The van der Waals surface area contributed by atoms with Crippen LogP contribution in [0.4, 0.5) is 0 Å². The average Bonchev–Trinajstić information content (AvgIpc) is 3.18. The van der Waals surface area contributed by atoms with Crippen molar-refractivity contribution in [2.24, 2.45) is 0 Å². The molecule has 1 fully saturated rings. The highest BCUT2D eigenvalue weighted by Gasteiger charge is 2.33. The summed E-state index contributed by atoms with van der Waals surface area (Å²) in [6.07, 6.45) is 5.02. The second kappa shape index (κ2) is 7.19. The molecule has 0 aliphatic heterocycles. The number of aromatic nitrogens is 2. The van der Waals surface area contributed by atoms with Gasteiger partial charge in [0.05, 0.1) is 0 Å². The van der Waals surface area contributed by atoms with Crippen LogP contribution in [0, 0.1) is 0 Å². The largest absolute Gasteiger partial charge is 0.480 e. The van der Waals surface area contributed by atoms with Gasteiger partial charge in [0.2, 0.25) is 11.8 Å². The highest BCUT2D eigenvalue weighted by atomic mass is 16.5. The van der Waals surface area contributed by atoms with Gasteiger partial charge in [-0.25, -0.2) is 0 Å². The lowest BCUT2D eigenvalue weighted by Gasteiger charge is -2.19. The van der Waals surface area contributed by atoms with E-state index in [0.29, 0.717) is 31.0 Å². The third-order valence-corrected chi connectivity index (χ3v) is 3.38. The van der Waals surface area contributed by atoms with E-state index in [0.717, 1.165) is 25.7 Å². The number of carbonyl (C=O) groups excluding carboxylic acids is 1. The Hall–Kier alpha value is -1.92. The summed E-state index contributed by atoms with van der Waals surface area (Å²) in [5, 5.41) is 12.7. The zero-order chi connectivity index (χ0) is 15.2. The molecule has 0 radical (unpaired) electrons. The van der Waals surface area contributed by atoms with Gasteiger partial charge in [-0.15, -0.1) is 0 Å². The molecule has 116 valence electrons. The second-order valence-electron chi connectivity index (χ2n) is 5.35. The third-order valence-electron chi connectivity index (χ3n) is 3.38. The summed E-state index contributed by atoms with van der Waals surface area (Å²) < 4.78 is 5.10. The minimum atomic E-state index is -0.962. The van der Waals surface area contributed by atoms with Crippen molar-refractivity contribution in [2.45, 2.75) is 57.9 Å². The van der Waals surface area contributed by atoms with E-state index in [1.54, 1.807) is 0 Å². The maximum atomic E-state index is 12.1. The summed E-state index contributed by atoms with van der Waals surface area (Å²) >= 11 is 0. The molecule has 1 aromatic rings. The van der Waals surface area contributed by atoms with Crippen molar-refractivity contribution >= 4 is 11.9 Å². The third kappa shape index (κ3) is 4.84. The minimum Gasteiger partial charge on any atom is -0.480 e. The van der Waals surface area contributed by atoms with Gasteiger partial charge in [-0.05, 0) is 25.7 Å². The number of aryl methyl sites for hydroxylation is 2. The average molecular weight is 295 g/mol. The molecule has 1 heterocycles. The van der Waals surface area contributed by atoms with Gasteiger partial charge in [0, 0.05) is 25.3 Å². The van der Waals surface area contributed by atoms with Crippen LogP contribution in [0.2, 0.25) is 0 Å². The molecule has 0 unspecified atom stereocenters. The smallest absolute Gasteiger partial charge is 0.323 e. The standard InChI is InChI=1S/C14H21N3O4/c1-2-4-11-15-12(21-16-11)5-3-6-13(18)17(9-14(19)20)10-7-8-10/h10H,2-9H2,1H3,(H,19,20). The quantitative estimate of drug-likeness (QED) is 0.740. The van der Waals surface area contributed by atoms with E-state index in [9.17, 15) is 9.59 Å². The van der Waals surface area contributed by atoms with Gasteiger partial charge >= 0.3 is 5.97 Å². The van der Waals surface area contributed by atoms with Crippen LogP contribution < -0.4 is 0 Å². The van der Waals surface area contributed by atoms with E-state index in [4.69, 9.17) is 9.63 Å². The molecule has 1 amide bonds. The monoisotopic (exact) mass is 295 g/mol. The van der Waals surface area contributed by atoms with Crippen LogP contribution in [0.25, 0.3) is 0 Å². The van der Waals surface area contributed by atoms with Crippen molar-refractivity contribution in [3.05, 3.63) is 11.7 Å². The Labute approximate surface area is 123 Å². The number of hydrogen-bond donors (Lipinski definition) is 1. The first kappa shape index (κ1) is 15.5. The van der Waals surface area contributed by atoms with Crippen LogP contribution >= 0.6 is 0 Å². The van der Waals surface area contributed by atoms with Crippen molar-refractivity contribution in [3.8, 4) is 0 Å². The zero-order valence-electron chi connectivity index (χ0n) is 12.2. The Morgan fingerprint density at radius 3 is 2.76 bits per heavy atom. The molecule has 2 rings (SSSR count). The molecule has 1 saturated carbocycles. The predicted octanol–water partition coefficient (Wildman–Crippen LogP) is 1.42. The Morgan fingerprint density at radius 2 is 2.14 bits per heavy atom. The van der Waals surface area contributed by atoms with E-state index in [-0.39, 0.29) is 18.5 Å². The van der Waals surface area contributed by atoms with Crippen LogP contribution in [0.3, 0.4) is 0 Å². The number of rotatable bonds is 9. The van der Waals surface area contributed by atoms with Gasteiger partial charge < -0.3 is 14.5 Å². The van der Waals surface area contributed by atoms with Gasteiger partial charge in [0.25, 0.3) is 0 Å². The number of carboxylic acids is 1. The van der Waals surface area contributed by atoms with E-state index in [1.807, 2.05) is 6.92 Å². The van der Waals surface area contributed by atoms with Crippen LogP contribution in [0.15, 0.2) is 4.52 Å². The van der Waals surface area contributed by atoms with Crippen molar-refractivity contribution in [2.75, 3.05) is 6.54 Å². The topological polar surface area (TPSA) is 96.5 Å². The first-order valence-electron chi connectivity index (χ1n) is 7.43. The van der Waals surface area contributed by atoms with Gasteiger partial charge in [-0.2, -0.15) is 4.98 Å². The molecule has 0 spiro atoms. The van der Waals surface area contributed by atoms with Crippen molar-refractivity contribution < 1.29 is 19.2 Å². The number of hydrogen-bond acceptors (Lipinski definition) is 5. The molecule has 0 aromatic carbocycles. The predicted molar refractivity (Wildman–Crippen MR) is 73.6 cm³/mol. The summed E-state index contributed by atoms with van der Waals surface area (Å²) in [7, 11) is 0. The fourth-order valence-electron chi connectivity index (χ4n) is 2.20. The van der Waals surface area contributed by atoms with Gasteiger partial charge in [-0.1, -0.05) is 12.1 Å². The number of nitrogens with zero attached hydrogens (tertiary/aromatic N) is 3. The number of carboxylic acid groups (broad SMARTS) is 1. The summed E-state index contributed by atoms with van der Waals surface area (Å²) in [5.74, 6) is 0.177. The Kier molecular flexibility index (Phi) is 5.30. The highest BCUT2D eigenvalue weighted by molar-refractivity contribution is 5.81. The van der Waals surface area contributed by atoms with Crippen molar-refractivity contribution in [3.63, 3.8) is 0 Å². The van der Waals surface area contributed by atoms with Crippen LogP contribution in [-0.4, -0.2) is 44.6 Å². The van der Waals surface area contributed by atoms with Gasteiger partial charge in [-0.3, -0.25) is 9.59 Å². The molecule has 0 bridgehead atoms. The lowest BCUT2D eigenvalue weighted by Crippen LogP contribution is -2.37. The molecule has 0 saturated heterocycles. The SMILES string of the molecule is CCCc1noc(CCCC(=O)N(CC(=O)O)C2CC2)n1. The molecule has 7 nitrogen and oxygen atoms in total. The van der Waals surface area contributed by atoms with E-state index in [1.165, 1.54) is 4.90 Å². The fraction of sp³-hybridized carbons (Fsp3) is 0.714. The molecule has 1 aliphatic carbocycles. The van der Waals surface area contributed by atoms with E-state index < -0.39 is 5.97 Å². The maximum absolute atomic E-state index is 12.1. The van der Waals surface area contributed by atoms with Crippen LogP contribution in [0.1, 0.15) is 50.7 Å². The molecule has 7 heteroatoms. The molecule has 21 heavy (non-hydrogen) atoms. The first-order chi connectivity index (χ1) is 10.1. The molecule has 1 aliphatic rings. The van der Waals surface area contributed by atoms with Crippen LogP contribution in [-0.2, 0) is 22.4 Å². The molecule has 0 atom stereocenters. The lowest BCUT2D eigenvalue weighted by atomic mass is 10.2. The highest BCUT2D eigenvalue weighted by Crippen LogP contribution is 2.27. The number of amides is 1. The Balaban J connectivity index is 1.75. The Morgan fingerprint density at radius 1 is 1.38 bits per heavy atom.